The van der Waals surface area contributed by atoms with Gasteiger partial charge in [0.2, 0.25) is 5.65 Å². The van der Waals surface area contributed by atoms with Gasteiger partial charge in [-0.3, -0.25) is 9.20 Å². The van der Waals surface area contributed by atoms with E-state index in [0.29, 0.717) is 11.4 Å². The lowest BCUT2D eigenvalue weighted by Gasteiger charge is -2.18. The van der Waals surface area contributed by atoms with Crippen LogP contribution in [0.15, 0.2) is 43.2 Å². The van der Waals surface area contributed by atoms with Crippen LogP contribution in [0.25, 0.3) is 10.8 Å². The average Bonchev–Trinajstić information content (AvgIpc) is 3.47. The summed E-state index contributed by atoms with van der Waals surface area (Å²) in [6, 6.07) is 3.93. The lowest BCUT2D eigenvalue weighted by molar-refractivity contribution is 0.0943. The van der Waals surface area contributed by atoms with Crippen LogP contribution in [-0.4, -0.2) is 54.2 Å². The van der Waals surface area contributed by atoms with Crippen molar-refractivity contribution in [1.82, 2.24) is 34.4 Å². The Kier molecular flexibility index (Phi) is 4.05. The highest BCUT2D eigenvalue weighted by molar-refractivity contribution is 7.16. The van der Waals surface area contributed by atoms with Gasteiger partial charge in [0.1, 0.15) is 11.2 Å². The van der Waals surface area contributed by atoms with E-state index in [-0.39, 0.29) is 11.9 Å². The highest BCUT2D eigenvalue weighted by atomic mass is 32.1. The van der Waals surface area contributed by atoms with Gasteiger partial charge in [0.25, 0.3) is 5.91 Å². The standard InChI is InChI=1S/C18H18N8OS/c1-12-14(28-18(21-12)24-6-2-3-7-24)17(27)22-13-4-8-25(10-13)15-16-23-20-11-26(16)9-5-19-15/h2-3,5-7,9,11,13H,4,8,10H2,1H3,(H,22,27). The Hall–Kier alpha value is -3.27. The third-order valence-electron chi connectivity index (χ3n) is 4.84. The molecule has 10 heteroatoms. The van der Waals surface area contributed by atoms with E-state index >= 15 is 0 Å². The number of nitrogens with zero attached hydrogens (tertiary/aromatic N) is 7. The van der Waals surface area contributed by atoms with E-state index in [4.69, 9.17) is 0 Å². The van der Waals surface area contributed by atoms with Gasteiger partial charge >= 0.3 is 0 Å². The Morgan fingerprint density at radius 2 is 2.14 bits per heavy atom. The first-order chi connectivity index (χ1) is 13.7. The molecule has 1 amide bonds. The molecule has 1 atom stereocenters. The van der Waals surface area contributed by atoms with E-state index in [1.807, 2.05) is 46.6 Å². The maximum Gasteiger partial charge on any atom is 0.263 e. The molecule has 142 valence electrons. The van der Waals surface area contributed by atoms with Crippen LogP contribution in [0.2, 0.25) is 0 Å². The van der Waals surface area contributed by atoms with Crippen molar-refractivity contribution in [3.05, 3.63) is 53.8 Å². The fraction of sp³-hybridized carbons (Fsp3) is 0.278. The number of hydrogen-bond acceptors (Lipinski definition) is 7. The van der Waals surface area contributed by atoms with Crippen LogP contribution in [-0.2, 0) is 0 Å². The lowest BCUT2D eigenvalue weighted by atomic mass is 10.2. The van der Waals surface area contributed by atoms with Crippen molar-refractivity contribution >= 4 is 28.7 Å². The van der Waals surface area contributed by atoms with Crippen molar-refractivity contribution in [3.8, 4) is 5.13 Å². The third kappa shape index (κ3) is 2.91. The average molecular weight is 394 g/mol. The van der Waals surface area contributed by atoms with Crippen molar-refractivity contribution in [2.75, 3.05) is 18.0 Å². The number of aryl methyl sites for hydroxylation is 1. The number of thiazole rings is 1. The summed E-state index contributed by atoms with van der Waals surface area (Å²) in [6.07, 6.45) is 9.92. The fourth-order valence-electron chi connectivity index (χ4n) is 3.46. The van der Waals surface area contributed by atoms with Crippen LogP contribution < -0.4 is 10.2 Å². The molecule has 0 radical (unpaired) electrons. The molecule has 1 aliphatic heterocycles. The largest absolute Gasteiger partial charge is 0.351 e. The molecule has 5 heterocycles. The van der Waals surface area contributed by atoms with E-state index in [1.54, 1.807) is 12.5 Å². The van der Waals surface area contributed by atoms with E-state index in [2.05, 4.69) is 30.4 Å². The molecule has 28 heavy (non-hydrogen) atoms. The molecule has 0 spiro atoms. The minimum absolute atomic E-state index is 0.0500. The van der Waals surface area contributed by atoms with Crippen LogP contribution in [0.5, 0.6) is 0 Å². The van der Waals surface area contributed by atoms with Crippen LogP contribution >= 0.6 is 11.3 Å². The number of anilines is 1. The van der Waals surface area contributed by atoms with Crippen LogP contribution in [0, 0.1) is 6.92 Å². The normalized spacial score (nSPS) is 16.8. The summed E-state index contributed by atoms with van der Waals surface area (Å²) in [4.78, 5) is 24.6. The number of carbonyl (C=O) groups is 1. The van der Waals surface area contributed by atoms with Crippen molar-refractivity contribution < 1.29 is 4.79 Å². The summed E-state index contributed by atoms with van der Waals surface area (Å²) >= 11 is 1.40. The summed E-state index contributed by atoms with van der Waals surface area (Å²) in [5, 5.41) is 12.0. The summed E-state index contributed by atoms with van der Waals surface area (Å²) in [5.74, 6) is 0.717. The summed E-state index contributed by atoms with van der Waals surface area (Å²) < 4.78 is 3.76. The summed E-state index contributed by atoms with van der Waals surface area (Å²) in [6.45, 7) is 3.36. The Balaban J connectivity index is 1.30. The molecular weight excluding hydrogens is 376 g/mol. The van der Waals surface area contributed by atoms with Gasteiger partial charge in [-0.25, -0.2) is 9.97 Å². The van der Waals surface area contributed by atoms with Crippen molar-refractivity contribution in [2.45, 2.75) is 19.4 Å². The monoisotopic (exact) mass is 394 g/mol. The van der Waals surface area contributed by atoms with Crippen molar-refractivity contribution in [1.29, 1.82) is 0 Å². The van der Waals surface area contributed by atoms with Crippen LogP contribution in [0.4, 0.5) is 5.82 Å². The molecule has 1 N–H and O–H groups in total. The van der Waals surface area contributed by atoms with Crippen molar-refractivity contribution in [3.63, 3.8) is 0 Å². The number of hydrogen-bond donors (Lipinski definition) is 1. The molecule has 0 aromatic carbocycles. The molecular formula is C18H18N8OS. The molecule has 4 aromatic rings. The van der Waals surface area contributed by atoms with Gasteiger partial charge in [-0.15, -0.1) is 10.2 Å². The zero-order valence-electron chi connectivity index (χ0n) is 15.2. The number of carbonyl (C=O) groups excluding carboxylic acids is 1. The van der Waals surface area contributed by atoms with Crippen LogP contribution in [0.1, 0.15) is 21.8 Å². The van der Waals surface area contributed by atoms with Crippen molar-refractivity contribution in [2.24, 2.45) is 0 Å². The Morgan fingerprint density at radius 1 is 1.29 bits per heavy atom. The zero-order chi connectivity index (χ0) is 19.1. The highest BCUT2D eigenvalue weighted by Gasteiger charge is 2.28. The second-order valence-corrected chi connectivity index (χ2v) is 7.70. The maximum atomic E-state index is 12.8. The number of aromatic nitrogens is 6. The lowest BCUT2D eigenvalue weighted by Crippen LogP contribution is -2.37. The second kappa shape index (κ2) is 6.71. The number of nitrogens with one attached hydrogen (secondary N) is 1. The van der Waals surface area contributed by atoms with E-state index in [1.165, 1.54) is 11.3 Å². The van der Waals surface area contributed by atoms with Gasteiger partial charge in [0.15, 0.2) is 10.9 Å². The Morgan fingerprint density at radius 3 is 3.00 bits per heavy atom. The number of fused-ring (bicyclic) bond motifs is 1. The van der Waals surface area contributed by atoms with Crippen LogP contribution in [0.3, 0.4) is 0 Å². The molecule has 4 aromatic heterocycles. The zero-order valence-corrected chi connectivity index (χ0v) is 16.0. The third-order valence-corrected chi connectivity index (χ3v) is 6.01. The second-order valence-electron chi connectivity index (χ2n) is 6.72. The minimum Gasteiger partial charge on any atom is -0.351 e. The molecule has 5 rings (SSSR count). The van der Waals surface area contributed by atoms with Gasteiger partial charge in [0.05, 0.1) is 5.69 Å². The number of rotatable bonds is 4. The van der Waals surface area contributed by atoms with E-state index < -0.39 is 0 Å². The number of amides is 1. The Bertz CT molecular complexity index is 1130. The molecule has 1 aliphatic rings. The summed E-state index contributed by atoms with van der Waals surface area (Å²) in [7, 11) is 0. The van der Waals surface area contributed by atoms with Gasteiger partial charge < -0.3 is 14.8 Å². The quantitative estimate of drug-likeness (QED) is 0.566. The summed E-state index contributed by atoms with van der Waals surface area (Å²) in [5.41, 5.74) is 1.47. The first-order valence-corrected chi connectivity index (χ1v) is 9.81. The van der Waals surface area contributed by atoms with E-state index in [9.17, 15) is 4.79 Å². The molecule has 1 fully saturated rings. The Labute approximate surface area is 164 Å². The SMILES string of the molecule is Cc1nc(-n2cccc2)sc1C(=O)NC1CCN(c2nccn3cnnc23)C1. The molecule has 0 bridgehead atoms. The van der Waals surface area contributed by atoms with Gasteiger partial charge in [-0.1, -0.05) is 11.3 Å². The molecule has 1 saturated heterocycles. The smallest absolute Gasteiger partial charge is 0.263 e. The minimum atomic E-state index is -0.0751. The topological polar surface area (TPSA) is 93.2 Å². The van der Waals surface area contributed by atoms with Gasteiger partial charge in [-0.2, -0.15) is 0 Å². The molecule has 0 saturated carbocycles. The fourth-order valence-corrected chi connectivity index (χ4v) is 4.39. The predicted octanol–water partition coefficient (Wildman–Crippen LogP) is 1.69. The first kappa shape index (κ1) is 16.9. The molecule has 9 nitrogen and oxygen atoms in total. The molecule has 1 unspecified atom stereocenters. The van der Waals surface area contributed by atoms with Gasteiger partial charge in [-0.05, 0) is 25.5 Å². The highest BCUT2D eigenvalue weighted by Crippen LogP contribution is 2.24. The maximum absolute atomic E-state index is 12.8. The first-order valence-electron chi connectivity index (χ1n) is 9.00. The molecule has 0 aliphatic carbocycles. The predicted molar refractivity (Wildman–Crippen MR) is 105 cm³/mol. The van der Waals surface area contributed by atoms with Gasteiger partial charge in [0, 0.05) is 43.9 Å². The van der Waals surface area contributed by atoms with E-state index in [0.717, 1.165) is 35.3 Å².